The van der Waals surface area contributed by atoms with Gasteiger partial charge in [0, 0.05) is 6.54 Å². The Morgan fingerprint density at radius 2 is 1.82 bits per heavy atom. The number of aromatic amines is 1. The van der Waals surface area contributed by atoms with Crippen LogP contribution < -0.4 is 21.7 Å². The molecular formula is C23H25ClN4O5. The van der Waals surface area contributed by atoms with Crippen LogP contribution in [0.2, 0.25) is 5.02 Å². The quantitative estimate of drug-likeness (QED) is 0.522. The molecule has 174 valence electrons. The maximum absolute atomic E-state index is 13.2. The third kappa shape index (κ3) is 6.01. The van der Waals surface area contributed by atoms with Crippen LogP contribution in [0.3, 0.4) is 0 Å². The smallest absolute Gasteiger partial charge is 0.335 e. The lowest BCUT2D eigenvalue weighted by molar-refractivity contribution is -0.141. The van der Waals surface area contributed by atoms with E-state index < -0.39 is 23.3 Å². The highest BCUT2D eigenvalue weighted by Gasteiger charge is 2.17. The van der Waals surface area contributed by atoms with E-state index in [1.165, 1.54) is 11.5 Å². The summed E-state index contributed by atoms with van der Waals surface area (Å²) < 4.78 is 7.78. The van der Waals surface area contributed by atoms with Crippen molar-refractivity contribution in [3.63, 3.8) is 0 Å². The summed E-state index contributed by atoms with van der Waals surface area (Å²) in [6, 6.07) is 14.1. The molecule has 3 rings (SSSR count). The van der Waals surface area contributed by atoms with Crippen molar-refractivity contribution in [2.24, 2.45) is 10.9 Å². The molecule has 2 aromatic carbocycles. The van der Waals surface area contributed by atoms with Crippen LogP contribution in [0.4, 0.5) is 5.69 Å². The highest BCUT2D eigenvalue weighted by atomic mass is 35.5. The number of carbonyl (C=O) groups is 1. The molecule has 10 heteroatoms. The minimum absolute atomic E-state index is 0.0154. The topological polar surface area (TPSA) is 119 Å². The van der Waals surface area contributed by atoms with E-state index in [0.29, 0.717) is 16.5 Å². The van der Waals surface area contributed by atoms with Crippen LogP contribution >= 0.6 is 11.6 Å². The second-order valence-electron chi connectivity index (χ2n) is 7.85. The molecule has 0 aliphatic carbocycles. The number of ether oxygens (including phenoxy) is 1. The lowest BCUT2D eigenvalue weighted by Crippen LogP contribution is -2.51. The number of aliphatic carboxylic acids is 1. The van der Waals surface area contributed by atoms with E-state index in [9.17, 15) is 19.5 Å². The zero-order valence-electron chi connectivity index (χ0n) is 18.5. The average molecular weight is 473 g/mol. The number of rotatable bonds is 8. The van der Waals surface area contributed by atoms with Crippen LogP contribution in [0.25, 0.3) is 0 Å². The molecule has 3 aromatic rings. The Morgan fingerprint density at radius 1 is 1.12 bits per heavy atom. The standard InChI is InChI=1S/C23H25ClN4O5/c1-14(2)33-19-10-9-17(11-18(19)24)25-21-26-22(31)28(12-15(3)20(29)30)23(32)27(21)13-16-7-5-4-6-8-16/h4-11,14-15H,12-13H2,1-3H3,(H,29,30)(H,25,26,31)/t15-/m0/s1. The van der Waals surface area contributed by atoms with Gasteiger partial charge in [-0.25, -0.2) is 19.1 Å². The van der Waals surface area contributed by atoms with Gasteiger partial charge in [-0.05, 0) is 37.6 Å². The molecule has 0 fully saturated rings. The molecule has 0 radical (unpaired) electrons. The first-order valence-corrected chi connectivity index (χ1v) is 10.7. The Morgan fingerprint density at radius 3 is 2.42 bits per heavy atom. The molecule has 0 unspecified atom stereocenters. The van der Waals surface area contributed by atoms with Crippen molar-refractivity contribution in [3.05, 3.63) is 85.7 Å². The predicted molar refractivity (Wildman–Crippen MR) is 124 cm³/mol. The van der Waals surface area contributed by atoms with E-state index in [1.807, 2.05) is 44.2 Å². The number of nitrogens with one attached hydrogen (secondary N) is 1. The van der Waals surface area contributed by atoms with Crippen LogP contribution in [0.5, 0.6) is 5.75 Å². The van der Waals surface area contributed by atoms with Crippen molar-refractivity contribution < 1.29 is 14.6 Å². The fraction of sp³-hybridized carbons (Fsp3) is 0.304. The highest BCUT2D eigenvalue weighted by molar-refractivity contribution is 6.32. The number of carboxylic acids is 1. The number of aromatic nitrogens is 3. The first-order chi connectivity index (χ1) is 15.7. The van der Waals surface area contributed by atoms with E-state index in [4.69, 9.17) is 16.3 Å². The van der Waals surface area contributed by atoms with Crippen LogP contribution in [0.1, 0.15) is 26.3 Å². The van der Waals surface area contributed by atoms with Gasteiger partial charge in [0.1, 0.15) is 5.75 Å². The van der Waals surface area contributed by atoms with E-state index in [1.54, 1.807) is 18.2 Å². The number of benzene rings is 2. The van der Waals surface area contributed by atoms with Gasteiger partial charge in [0.05, 0.1) is 29.3 Å². The molecule has 2 N–H and O–H groups in total. The summed E-state index contributed by atoms with van der Waals surface area (Å²) >= 11 is 6.30. The maximum atomic E-state index is 13.2. The van der Waals surface area contributed by atoms with E-state index in [0.717, 1.165) is 10.1 Å². The van der Waals surface area contributed by atoms with Crippen LogP contribution in [-0.4, -0.2) is 31.3 Å². The number of hydrogen-bond acceptors (Lipinski definition) is 5. The molecule has 33 heavy (non-hydrogen) atoms. The summed E-state index contributed by atoms with van der Waals surface area (Å²) in [7, 11) is 0. The van der Waals surface area contributed by atoms with Crippen LogP contribution in [0, 0.1) is 5.92 Å². The summed E-state index contributed by atoms with van der Waals surface area (Å²) in [5, 5.41) is 9.54. The summed E-state index contributed by atoms with van der Waals surface area (Å²) in [6.07, 6.45) is -0.0598. The van der Waals surface area contributed by atoms with Crippen molar-refractivity contribution in [1.29, 1.82) is 0 Å². The zero-order valence-corrected chi connectivity index (χ0v) is 19.2. The molecule has 0 aliphatic heterocycles. The zero-order chi connectivity index (χ0) is 24.1. The van der Waals surface area contributed by atoms with Crippen molar-refractivity contribution in [1.82, 2.24) is 14.1 Å². The van der Waals surface area contributed by atoms with Crippen molar-refractivity contribution >= 4 is 23.3 Å². The van der Waals surface area contributed by atoms with Gasteiger partial charge in [-0.3, -0.25) is 14.3 Å². The molecule has 1 heterocycles. The lowest BCUT2D eigenvalue weighted by Gasteiger charge is -2.13. The van der Waals surface area contributed by atoms with E-state index in [-0.39, 0.29) is 24.8 Å². The van der Waals surface area contributed by atoms with Gasteiger partial charge < -0.3 is 9.84 Å². The number of halogens is 1. The first-order valence-electron chi connectivity index (χ1n) is 10.4. The van der Waals surface area contributed by atoms with Crippen molar-refractivity contribution in [3.8, 4) is 5.75 Å². The molecule has 9 nitrogen and oxygen atoms in total. The SMILES string of the molecule is CC(C)Oc1ccc(/N=c2\[nH]c(=O)n(C[C@H](C)C(=O)O)c(=O)n2Cc2ccccc2)cc1Cl. The van der Waals surface area contributed by atoms with Gasteiger partial charge in [0.15, 0.2) is 0 Å². The Labute approximate surface area is 194 Å². The second-order valence-corrected chi connectivity index (χ2v) is 8.26. The van der Waals surface area contributed by atoms with Crippen LogP contribution in [0.15, 0.2) is 63.1 Å². The number of carboxylic acid groups (broad SMARTS) is 1. The number of H-pyrrole nitrogens is 1. The summed E-state index contributed by atoms with van der Waals surface area (Å²) in [4.78, 5) is 44.2. The molecule has 0 saturated carbocycles. The molecular weight excluding hydrogens is 448 g/mol. The third-order valence-electron chi connectivity index (χ3n) is 4.76. The molecule has 1 aromatic heterocycles. The lowest BCUT2D eigenvalue weighted by atomic mass is 10.2. The summed E-state index contributed by atoms with van der Waals surface area (Å²) in [5.41, 5.74) is -0.187. The molecule has 1 atom stereocenters. The normalized spacial score (nSPS) is 12.7. The fourth-order valence-corrected chi connectivity index (χ4v) is 3.31. The number of hydrogen-bond donors (Lipinski definition) is 2. The Balaban J connectivity index is 2.15. The van der Waals surface area contributed by atoms with Crippen molar-refractivity contribution in [2.45, 2.75) is 40.0 Å². The van der Waals surface area contributed by atoms with Gasteiger partial charge in [0.2, 0.25) is 5.62 Å². The Bertz CT molecular complexity index is 1330. The maximum Gasteiger partial charge on any atom is 0.335 e. The molecule has 0 amide bonds. The van der Waals surface area contributed by atoms with Crippen molar-refractivity contribution in [2.75, 3.05) is 0 Å². The Kier molecular flexibility index (Phi) is 7.55. The molecule has 0 spiro atoms. The third-order valence-corrected chi connectivity index (χ3v) is 5.05. The van der Waals surface area contributed by atoms with Gasteiger partial charge in [-0.15, -0.1) is 0 Å². The molecule has 0 aliphatic rings. The first kappa shape index (κ1) is 24.1. The number of nitrogens with zero attached hydrogens (tertiary/aromatic N) is 3. The highest BCUT2D eigenvalue weighted by Crippen LogP contribution is 2.29. The van der Waals surface area contributed by atoms with Crippen LogP contribution in [-0.2, 0) is 17.9 Å². The second kappa shape index (κ2) is 10.4. The minimum Gasteiger partial charge on any atom is -0.489 e. The van der Waals surface area contributed by atoms with E-state index in [2.05, 4.69) is 9.98 Å². The van der Waals surface area contributed by atoms with Gasteiger partial charge in [-0.2, -0.15) is 0 Å². The van der Waals surface area contributed by atoms with E-state index >= 15 is 0 Å². The van der Waals surface area contributed by atoms with Gasteiger partial charge in [0.25, 0.3) is 0 Å². The minimum atomic E-state index is -1.11. The van der Waals surface area contributed by atoms with Gasteiger partial charge >= 0.3 is 17.3 Å². The largest absolute Gasteiger partial charge is 0.489 e. The average Bonchev–Trinajstić information content (AvgIpc) is 2.76. The Hall–Kier alpha value is -3.59. The monoisotopic (exact) mass is 472 g/mol. The van der Waals surface area contributed by atoms with Gasteiger partial charge in [-0.1, -0.05) is 48.9 Å². The fourth-order valence-electron chi connectivity index (χ4n) is 3.09. The molecule has 0 bridgehead atoms. The predicted octanol–water partition coefficient (Wildman–Crippen LogP) is 2.78. The molecule has 0 saturated heterocycles. The summed E-state index contributed by atoms with van der Waals surface area (Å²) in [6.45, 7) is 5.04. The summed E-state index contributed by atoms with van der Waals surface area (Å²) in [5.74, 6) is -1.54.